The van der Waals surface area contributed by atoms with Crippen LogP contribution < -0.4 is 5.32 Å². The molecule has 1 amide bonds. The molecule has 2 heterocycles. The van der Waals surface area contributed by atoms with Crippen molar-refractivity contribution in [3.63, 3.8) is 0 Å². The second kappa shape index (κ2) is 7.46. The molecule has 0 unspecified atom stereocenters. The van der Waals surface area contributed by atoms with Gasteiger partial charge in [0.2, 0.25) is 5.91 Å². The summed E-state index contributed by atoms with van der Waals surface area (Å²) in [5, 5.41) is 15.2. The van der Waals surface area contributed by atoms with Gasteiger partial charge in [0.25, 0.3) is 5.69 Å². The number of para-hydroxylation sites is 1. The number of piperidine rings is 1. The minimum absolute atomic E-state index is 0.00589. The predicted molar refractivity (Wildman–Crippen MR) is 96.7 cm³/mol. The molecule has 1 aliphatic heterocycles. The number of carbonyl (C=O) groups excluding carboxylic acids is 1. The number of nitrogens with one attached hydrogen (secondary N) is 1. The van der Waals surface area contributed by atoms with Gasteiger partial charge in [-0.1, -0.05) is 12.1 Å². The van der Waals surface area contributed by atoms with Gasteiger partial charge in [0.05, 0.1) is 4.92 Å². The molecule has 3 rings (SSSR count). The second-order valence-corrected chi connectivity index (χ2v) is 6.36. The molecule has 0 atom stereocenters. The highest BCUT2D eigenvalue weighted by molar-refractivity contribution is 5.96. The Bertz CT molecular complexity index is 800. The van der Waals surface area contributed by atoms with E-state index in [-0.39, 0.29) is 11.6 Å². The van der Waals surface area contributed by atoms with Crippen LogP contribution >= 0.6 is 0 Å². The Balaban J connectivity index is 1.74. The van der Waals surface area contributed by atoms with Gasteiger partial charge in [-0.25, -0.2) is 4.98 Å². The molecule has 1 aromatic heterocycles. The van der Waals surface area contributed by atoms with E-state index in [1.807, 2.05) is 17.0 Å². The molecule has 1 N–H and O–H groups in total. The molecule has 2 aromatic rings. The van der Waals surface area contributed by atoms with E-state index in [2.05, 4.69) is 10.3 Å². The van der Waals surface area contributed by atoms with Crippen molar-refractivity contribution in [2.75, 3.05) is 25.0 Å². The van der Waals surface area contributed by atoms with Gasteiger partial charge in [0.1, 0.15) is 0 Å². The van der Waals surface area contributed by atoms with Gasteiger partial charge >= 0.3 is 0 Å². The third kappa shape index (κ3) is 3.87. The first kappa shape index (κ1) is 17.1. The molecule has 1 saturated heterocycles. The zero-order valence-corrected chi connectivity index (χ0v) is 14.3. The number of rotatable bonds is 5. The monoisotopic (exact) mass is 342 g/mol. The van der Waals surface area contributed by atoms with Crippen LogP contribution in [0.25, 0.3) is 10.9 Å². The van der Waals surface area contributed by atoms with E-state index >= 15 is 0 Å². The van der Waals surface area contributed by atoms with Crippen LogP contribution in [0, 0.1) is 17.0 Å². The SMILES string of the molecule is Cc1cc(NCCC(=O)N2CCCCC2)c2cccc([N+](=O)[O-])c2n1. The number of benzene rings is 1. The quantitative estimate of drug-likeness (QED) is 0.665. The van der Waals surface area contributed by atoms with Crippen LogP contribution in [0.2, 0.25) is 0 Å². The van der Waals surface area contributed by atoms with Crippen molar-refractivity contribution >= 4 is 28.2 Å². The molecule has 0 saturated carbocycles. The zero-order valence-electron chi connectivity index (χ0n) is 14.3. The Kier molecular flexibility index (Phi) is 5.11. The van der Waals surface area contributed by atoms with Gasteiger partial charge in [-0.15, -0.1) is 0 Å². The summed E-state index contributed by atoms with van der Waals surface area (Å²) < 4.78 is 0. The van der Waals surface area contributed by atoms with E-state index in [1.54, 1.807) is 13.0 Å². The van der Waals surface area contributed by atoms with E-state index in [4.69, 9.17) is 0 Å². The number of hydrogen-bond donors (Lipinski definition) is 1. The number of carbonyl (C=O) groups is 1. The zero-order chi connectivity index (χ0) is 17.8. The first-order chi connectivity index (χ1) is 12.1. The number of likely N-dealkylation sites (tertiary alicyclic amines) is 1. The van der Waals surface area contributed by atoms with Gasteiger partial charge in [-0.05, 0) is 32.3 Å². The van der Waals surface area contributed by atoms with E-state index < -0.39 is 4.92 Å². The van der Waals surface area contributed by atoms with Crippen LogP contribution in [0.15, 0.2) is 24.3 Å². The normalized spacial score (nSPS) is 14.5. The minimum atomic E-state index is -0.418. The van der Waals surface area contributed by atoms with E-state index in [9.17, 15) is 14.9 Å². The lowest BCUT2D eigenvalue weighted by molar-refractivity contribution is -0.383. The number of nitro groups is 1. The first-order valence-electron chi connectivity index (χ1n) is 8.62. The van der Waals surface area contributed by atoms with Crippen LogP contribution in [0.1, 0.15) is 31.4 Å². The van der Waals surface area contributed by atoms with Crippen molar-refractivity contribution in [1.29, 1.82) is 0 Å². The van der Waals surface area contributed by atoms with E-state index in [0.29, 0.717) is 29.6 Å². The molecule has 1 aliphatic rings. The largest absolute Gasteiger partial charge is 0.384 e. The fourth-order valence-corrected chi connectivity index (χ4v) is 3.26. The van der Waals surface area contributed by atoms with Crippen LogP contribution in [-0.4, -0.2) is 40.3 Å². The molecular weight excluding hydrogens is 320 g/mol. The number of nitrogens with zero attached hydrogens (tertiary/aromatic N) is 3. The number of anilines is 1. The number of nitro benzene ring substituents is 1. The number of aromatic nitrogens is 1. The Morgan fingerprint density at radius 3 is 2.80 bits per heavy atom. The van der Waals surface area contributed by atoms with Crippen LogP contribution in [0.3, 0.4) is 0 Å². The number of pyridine rings is 1. The number of hydrogen-bond acceptors (Lipinski definition) is 5. The predicted octanol–water partition coefficient (Wildman–Crippen LogP) is 3.27. The maximum Gasteiger partial charge on any atom is 0.295 e. The molecule has 0 bridgehead atoms. The van der Waals surface area contributed by atoms with E-state index in [0.717, 1.165) is 31.6 Å². The average molecular weight is 342 g/mol. The van der Waals surface area contributed by atoms with Crippen molar-refractivity contribution in [3.8, 4) is 0 Å². The topological polar surface area (TPSA) is 88.4 Å². The summed E-state index contributed by atoms with van der Waals surface area (Å²) in [6, 6.07) is 6.78. The Hall–Kier alpha value is -2.70. The molecule has 25 heavy (non-hydrogen) atoms. The maximum atomic E-state index is 12.2. The number of amides is 1. The molecule has 1 aromatic carbocycles. The molecule has 0 aliphatic carbocycles. The average Bonchev–Trinajstić information content (AvgIpc) is 2.61. The fourth-order valence-electron chi connectivity index (χ4n) is 3.26. The summed E-state index contributed by atoms with van der Waals surface area (Å²) in [5.74, 6) is 0.160. The highest BCUT2D eigenvalue weighted by Gasteiger charge is 2.17. The third-order valence-electron chi connectivity index (χ3n) is 4.51. The summed E-state index contributed by atoms with van der Waals surface area (Å²) in [7, 11) is 0. The van der Waals surface area contributed by atoms with E-state index in [1.165, 1.54) is 12.5 Å². The highest BCUT2D eigenvalue weighted by atomic mass is 16.6. The second-order valence-electron chi connectivity index (χ2n) is 6.36. The standard InChI is InChI=1S/C18H22N4O3/c1-13-12-15(14-6-5-7-16(22(24)25)18(14)20-13)19-9-8-17(23)21-10-3-2-4-11-21/h5-7,12H,2-4,8-11H2,1H3,(H,19,20). The van der Waals surface area contributed by atoms with Crippen molar-refractivity contribution < 1.29 is 9.72 Å². The lowest BCUT2D eigenvalue weighted by Crippen LogP contribution is -2.36. The molecule has 7 heteroatoms. The summed E-state index contributed by atoms with van der Waals surface area (Å²) in [6.45, 7) is 4.00. The number of aryl methyl sites for hydroxylation is 1. The molecule has 7 nitrogen and oxygen atoms in total. The highest BCUT2D eigenvalue weighted by Crippen LogP contribution is 2.29. The van der Waals surface area contributed by atoms with Crippen LogP contribution in [-0.2, 0) is 4.79 Å². The summed E-state index contributed by atoms with van der Waals surface area (Å²) in [5.41, 5.74) is 1.84. The van der Waals surface area contributed by atoms with Gasteiger partial charge < -0.3 is 10.2 Å². The lowest BCUT2D eigenvalue weighted by atomic mass is 10.1. The van der Waals surface area contributed by atoms with Crippen molar-refractivity contribution in [2.45, 2.75) is 32.6 Å². The maximum absolute atomic E-state index is 12.2. The third-order valence-corrected chi connectivity index (χ3v) is 4.51. The number of fused-ring (bicyclic) bond motifs is 1. The number of non-ortho nitro benzene ring substituents is 1. The van der Waals surface area contributed by atoms with Gasteiger partial charge in [0, 0.05) is 48.9 Å². The van der Waals surface area contributed by atoms with Crippen molar-refractivity contribution in [3.05, 3.63) is 40.1 Å². The van der Waals surface area contributed by atoms with Crippen molar-refractivity contribution in [1.82, 2.24) is 9.88 Å². The molecular formula is C18H22N4O3. The van der Waals surface area contributed by atoms with Crippen LogP contribution in [0.5, 0.6) is 0 Å². The Morgan fingerprint density at radius 2 is 2.08 bits per heavy atom. The van der Waals surface area contributed by atoms with Gasteiger partial charge in [0.15, 0.2) is 5.52 Å². The Morgan fingerprint density at radius 1 is 1.32 bits per heavy atom. The molecule has 0 radical (unpaired) electrons. The molecule has 132 valence electrons. The summed E-state index contributed by atoms with van der Waals surface area (Å²) >= 11 is 0. The van der Waals surface area contributed by atoms with Crippen LogP contribution in [0.4, 0.5) is 11.4 Å². The first-order valence-corrected chi connectivity index (χ1v) is 8.62. The van der Waals surface area contributed by atoms with Gasteiger partial charge in [-0.2, -0.15) is 0 Å². The summed E-state index contributed by atoms with van der Waals surface area (Å²) in [6.07, 6.45) is 3.77. The van der Waals surface area contributed by atoms with Gasteiger partial charge in [-0.3, -0.25) is 14.9 Å². The fraction of sp³-hybridized carbons (Fsp3) is 0.444. The van der Waals surface area contributed by atoms with Crippen molar-refractivity contribution in [2.24, 2.45) is 0 Å². The molecule has 1 fully saturated rings. The summed E-state index contributed by atoms with van der Waals surface area (Å²) in [4.78, 5) is 29.3. The molecule has 0 spiro atoms. The Labute approximate surface area is 146 Å². The lowest BCUT2D eigenvalue weighted by Gasteiger charge is -2.26. The minimum Gasteiger partial charge on any atom is -0.384 e. The smallest absolute Gasteiger partial charge is 0.295 e.